The zero-order valence-corrected chi connectivity index (χ0v) is 17.5. The molecule has 1 aliphatic heterocycles. The van der Waals surface area contributed by atoms with Crippen LogP contribution in [0.4, 0.5) is 5.69 Å². The zero-order chi connectivity index (χ0) is 20.5. The topological polar surface area (TPSA) is 75.7 Å². The molecule has 2 aromatic rings. The van der Waals surface area contributed by atoms with Crippen molar-refractivity contribution in [2.24, 2.45) is 0 Å². The number of benzene rings is 2. The Labute approximate surface area is 166 Å². The monoisotopic (exact) mass is 402 g/mol. The molecule has 0 aromatic heterocycles. The first-order chi connectivity index (χ1) is 13.3. The van der Waals surface area contributed by atoms with Crippen LogP contribution in [0.1, 0.15) is 47.7 Å². The standard InChI is InChI=1S/C21H26N2O4S/c1-14(2)15-7-9-18-16(12-15)6-5-11-23(18)21(24)17-8-10-19(27-4)20(13-17)28(25,26)22-3/h7-10,12-14,22H,5-6,11H2,1-4H3. The van der Waals surface area contributed by atoms with Gasteiger partial charge < -0.3 is 9.64 Å². The maximum absolute atomic E-state index is 13.2. The Balaban J connectivity index is 2.01. The summed E-state index contributed by atoms with van der Waals surface area (Å²) in [6, 6.07) is 10.7. The quantitative estimate of drug-likeness (QED) is 0.832. The highest BCUT2D eigenvalue weighted by atomic mass is 32.2. The molecule has 0 bridgehead atoms. The second kappa shape index (κ2) is 7.93. The van der Waals surface area contributed by atoms with Gasteiger partial charge >= 0.3 is 0 Å². The van der Waals surface area contributed by atoms with Crippen LogP contribution in [0.5, 0.6) is 5.75 Å². The van der Waals surface area contributed by atoms with Crippen molar-refractivity contribution in [3.8, 4) is 5.75 Å². The maximum atomic E-state index is 13.2. The summed E-state index contributed by atoms with van der Waals surface area (Å²) in [4.78, 5) is 14.9. The lowest BCUT2D eigenvalue weighted by Gasteiger charge is -2.30. The average Bonchev–Trinajstić information content (AvgIpc) is 2.71. The van der Waals surface area contributed by atoms with Crippen LogP contribution >= 0.6 is 0 Å². The minimum Gasteiger partial charge on any atom is -0.495 e. The van der Waals surface area contributed by atoms with Gasteiger partial charge in [-0.25, -0.2) is 13.1 Å². The summed E-state index contributed by atoms with van der Waals surface area (Å²) in [5.41, 5.74) is 3.62. The van der Waals surface area contributed by atoms with Crippen molar-refractivity contribution in [2.45, 2.75) is 37.5 Å². The van der Waals surface area contributed by atoms with E-state index in [1.807, 2.05) is 6.07 Å². The highest BCUT2D eigenvalue weighted by Crippen LogP contribution is 2.32. The molecule has 7 heteroatoms. The van der Waals surface area contributed by atoms with E-state index in [4.69, 9.17) is 4.74 Å². The first-order valence-electron chi connectivity index (χ1n) is 9.34. The number of anilines is 1. The second-order valence-corrected chi connectivity index (χ2v) is 9.03. The molecule has 1 aliphatic rings. The Hall–Kier alpha value is -2.38. The lowest BCUT2D eigenvalue weighted by atomic mass is 9.94. The first kappa shape index (κ1) is 20.4. The molecule has 3 rings (SSSR count). The van der Waals surface area contributed by atoms with E-state index in [9.17, 15) is 13.2 Å². The number of sulfonamides is 1. The van der Waals surface area contributed by atoms with Gasteiger partial charge in [-0.2, -0.15) is 0 Å². The minimum atomic E-state index is -3.75. The van der Waals surface area contributed by atoms with Gasteiger partial charge in [0.05, 0.1) is 7.11 Å². The molecule has 0 radical (unpaired) electrons. The molecule has 1 heterocycles. The van der Waals surface area contributed by atoms with Crippen LogP contribution in [0.3, 0.4) is 0 Å². The molecule has 0 unspecified atom stereocenters. The van der Waals surface area contributed by atoms with Crippen LogP contribution in [0.15, 0.2) is 41.3 Å². The predicted octanol–water partition coefficient (Wildman–Crippen LogP) is 3.32. The molecule has 28 heavy (non-hydrogen) atoms. The van der Waals surface area contributed by atoms with Crippen molar-refractivity contribution in [3.63, 3.8) is 0 Å². The lowest BCUT2D eigenvalue weighted by molar-refractivity contribution is 0.0985. The number of methoxy groups -OCH3 is 1. The van der Waals surface area contributed by atoms with Crippen LogP contribution in [-0.2, 0) is 16.4 Å². The van der Waals surface area contributed by atoms with E-state index in [-0.39, 0.29) is 16.6 Å². The third-order valence-corrected chi connectivity index (χ3v) is 6.54. The van der Waals surface area contributed by atoms with Crippen molar-refractivity contribution >= 4 is 21.6 Å². The number of ether oxygens (including phenoxy) is 1. The molecule has 1 amide bonds. The van der Waals surface area contributed by atoms with E-state index in [1.165, 1.54) is 31.9 Å². The number of hydrogen-bond donors (Lipinski definition) is 1. The minimum absolute atomic E-state index is 0.0456. The Morgan fingerprint density at radius 1 is 1.18 bits per heavy atom. The molecular weight excluding hydrogens is 376 g/mol. The molecule has 6 nitrogen and oxygen atoms in total. The van der Waals surface area contributed by atoms with Gasteiger partial charge in [-0.1, -0.05) is 26.0 Å². The van der Waals surface area contributed by atoms with E-state index >= 15 is 0 Å². The van der Waals surface area contributed by atoms with Gasteiger partial charge in [0.15, 0.2) is 0 Å². The zero-order valence-electron chi connectivity index (χ0n) is 16.7. The molecule has 1 N–H and O–H groups in total. The summed E-state index contributed by atoms with van der Waals surface area (Å²) in [6.07, 6.45) is 1.81. The molecule has 0 atom stereocenters. The van der Waals surface area contributed by atoms with E-state index in [2.05, 4.69) is 30.7 Å². The van der Waals surface area contributed by atoms with E-state index < -0.39 is 10.0 Å². The molecular formula is C21H26N2O4S. The molecule has 0 saturated carbocycles. The van der Waals surface area contributed by atoms with Crippen molar-refractivity contribution in [1.29, 1.82) is 0 Å². The molecule has 0 fully saturated rings. The largest absolute Gasteiger partial charge is 0.495 e. The molecule has 2 aromatic carbocycles. The summed E-state index contributed by atoms with van der Waals surface area (Å²) in [5.74, 6) is 0.409. The van der Waals surface area contributed by atoms with Gasteiger partial charge in [0, 0.05) is 17.8 Å². The maximum Gasteiger partial charge on any atom is 0.258 e. The van der Waals surface area contributed by atoms with Crippen LogP contribution in [0, 0.1) is 0 Å². The number of amides is 1. The normalized spacial score (nSPS) is 14.1. The summed E-state index contributed by atoms with van der Waals surface area (Å²) in [6.45, 7) is 4.90. The van der Waals surface area contributed by atoms with E-state index in [0.29, 0.717) is 18.0 Å². The van der Waals surface area contributed by atoms with Gasteiger partial charge in [-0.15, -0.1) is 0 Å². The van der Waals surface area contributed by atoms with Crippen molar-refractivity contribution in [3.05, 3.63) is 53.1 Å². The number of hydrogen-bond acceptors (Lipinski definition) is 4. The Bertz CT molecular complexity index is 999. The number of carbonyl (C=O) groups excluding carboxylic acids is 1. The average molecular weight is 403 g/mol. The van der Waals surface area contributed by atoms with Crippen LogP contribution < -0.4 is 14.4 Å². The Kier molecular flexibility index (Phi) is 5.76. The van der Waals surface area contributed by atoms with Crippen molar-refractivity contribution in [1.82, 2.24) is 4.72 Å². The number of nitrogens with one attached hydrogen (secondary N) is 1. The third-order valence-electron chi connectivity index (χ3n) is 5.10. The fourth-order valence-corrected chi connectivity index (χ4v) is 4.39. The molecule has 150 valence electrons. The Morgan fingerprint density at radius 3 is 2.57 bits per heavy atom. The first-order valence-corrected chi connectivity index (χ1v) is 10.8. The van der Waals surface area contributed by atoms with Gasteiger partial charge in [-0.3, -0.25) is 4.79 Å². The van der Waals surface area contributed by atoms with E-state index in [0.717, 1.165) is 24.1 Å². The number of fused-ring (bicyclic) bond motifs is 1. The molecule has 0 saturated heterocycles. The van der Waals surface area contributed by atoms with Gasteiger partial charge in [-0.05, 0) is 61.2 Å². The fourth-order valence-electron chi connectivity index (χ4n) is 3.47. The number of nitrogens with zero attached hydrogens (tertiary/aromatic N) is 1. The molecule has 0 spiro atoms. The summed E-state index contributed by atoms with van der Waals surface area (Å²) < 4.78 is 32.1. The highest BCUT2D eigenvalue weighted by molar-refractivity contribution is 7.89. The number of rotatable bonds is 5. The predicted molar refractivity (Wildman–Crippen MR) is 110 cm³/mol. The lowest BCUT2D eigenvalue weighted by Crippen LogP contribution is -2.35. The smallest absolute Gasteiger partial charge is 0.258 e. The summed E-state index contributed by atoms with van der Waals surface area (Å²) >= 11 is 0. The van der Waals surface area contributed by atoms with Crippen LogP contribution in [-0.4, -0.2) is 35.0 Å². The fraction of sp³-hybridized carbons (Fsp3) is 0.381. The Morgan fingerprint density at radius 2 is 1.93 bits per heavy atom. The second-order valence-electron chi connectivity index (χ2n) is 7.18. The van der Waals surface area contributed by atoms with Crippen molar-refractivity contribution in [2.75, 3.05) is 25.6 Å². The highest BCUT2D eigenvalue weighted by Gasteiger charge is 2.26. The van der Waals surface area contributed by atoms with Crippen molar-refractivity contribution < 1.29 is 17.9 Å². The van der Waals surface area contributed by atoms with Crippen LogP contribution in [0.25, 0.3) is 0 Å². The SMILES string of the molecule is CNS(=O)(=O)c1cc(C(=O)N2CCCc3cc(C(C)C)ccc32)ccc1OC. The summed E-state index contributed by atoms with van der Waals surface area (Å²) in [5, 5.41) is 0. The number of aryl methyl sites for hydroxylation is 1. The van der Waals surface area contributed by atoms with Gasteiger partial charge in [0.1, 0.15) is 10.6 Å². The van der Waals surface area contributed by atoms with E-state index in [1.54, 1.807) is 11.0 Å². The van der Waals surface area contributed by atoms with Crippen LogP contribution in [0.2, 0.25) is 0 Å². The number of carbonyl (C=O) groups is 1. The third kappa shape index (κ3) is 3.77. The summed E-state index contributed by atoms with van der Waals surface area (Å²) in [7, 11) is -1.02. The molecule has 0 aliphatic carbocycles. The van der Waals surface area contributed by atoms with Gasteiger partial charge in [0.2, 0.25) is 10.0 Å². The van der Waals surface area contributed by atoms with Gasteiger partial charge in [0.25, 0.3) is 5.91 Å².